The summed E-state index contributed by atoms with van der Waals surface area (Å²) in [7, 11) is 0. The zero-order valence-corrected chi connectivity index (χ0v) is 15.1. The monoisotopic (exact) mass is 335 g/mol. The summed E-state index contributed by atoms with van der Waals surface area (Å²) in [5.74, 6) is 1.45. The van der Waals surface area contributed by atoms with Crippen LogP contribution >= 0.6 is 0 Å². The second-order valence-electron chi connectivity index (χ2n) is 6.85. The summed E-state index contributed by atoms with van der Waals surface area (Å²) in [6.45, 7) is 7.34. The molecule has 1 heterocycles. The lowest BCUT2D eigenvalue weighted by Crippen LogP contribution is -2.28. The molecule has 3 rings (SSSR count). The van der Waals surface area contributed by atoms with Crippen LogP contribution in [-0.4, -0.2) is 15.5 Å². The number of imidazole rings is 1. The summed E-state index contributed by atoms with van der Waals surface area (Å²) in [5, 5.41) is 3.08. The van der Waals surface area contributed by atoms with Gasteiger partial charge in [0.1, 0.15) is 5.82 Å². The molecule has 0 aliphatic carbocycles. The van der Waals surface area contributed by atoms with Gasteiger partial charge in [0.15, 0.2) is 0 Å². The lowest BCUT2D eigenvalue weighted by molar-refractivity contribution is 0.0937. The summed E-state index contributed by atoms with van der Waals surface area (Å²) in [6.07, 6.45) is 1.08. The average Bonchev–Trinajstić information content (AvgIpc) is 2.99. The first-order valence-electron chi connectivity index (χ1n) is 8.87. The van der Waals surface area contributed by atoms with Gasteiger partial charge in [0, 0.05) is 12.1 Å². The molecule has 0 unspecified atom stereocenters. The molecule has 4 nitrogen and oxygen atoms in total. The third-order valence-corrected chi connectivity index (χ3v) is 4.39. The molecule has 1 aromatic heterocycles. The fraction of sp³-hybridized carbons (Fsp3) is 0.333. The van der Waals surface area contributed by atoms with Crippen LogP contribution in [0.2, 0.25) is 0 Å². The molecule has 0 spiro atoms. The van der Waals surface area contributed by atoms with Crippen LogP contribution < -0.4 is 5.32 Å². The second-order valence-corrected chi connectivity index (χ2v) is 6.85. The SMILES string of the molecule is CC(C)CCn1c([C@@H](C)NC(=O)c2ccccc2)nc2ccccc21. The zero-order valence-electron chi connectivity index (χ0n) is 15.1. The summed E-state index contributed by atoms with van der Waals surface area (Å²) in [6, 6.07) is 17.3. The van der Waals surface area contributed by atoms with Crippen molar-refractivity contribution < 1.29 is 4.79 Å². The Morgan fingerprint density at radius 2 is 1.72 bits per heavy atom. The Balaban J connectivity index is 1.88. The van der Waals surface area contributed by atoms with Gasteiger partial charge in [-0.3, -0.25) is 4.79 Å². The number of nitrogens with zero attached hydrogens (tertiary/aromatic N) is 2. The topological polar surface area (TPSA) is 46.9 Å². The van der Waals surface area contributed by atoms with Gasteiger partial charge in [-0.15, -0.1) is 0 Å². The molecule has 2 aromatic carbocycles. The summed E-state index contributed by atoms with van der Waals surface area (Å²) < 4.78 is 2.24. The predicted octanol–water partition coefficient (Wildman–Crippen LogP) is 4.57. The van der Waals surface area contributed by atoms with E-state index in [9.17, 15) is 4.79 Å². The number of nitrogens with one attached hydrogen (secondary N) is 1. The molecule has 0 radical (unpaired) electrons. The Kier molecular flexibility index (Phi) is 5.17. The number of benzene rings is 2. The number of carbonyl (C=O) groups excluding carboxylic acids is 1. The van der Waals surface area contributed by atoms with Gasteiger partial charge in [0.25, 0.3) is 5.91 Å². The van der Waals surface area contributed by atoms with E-state index in [1.807, 2.05) is 55.5 Å². The number of rotatable bonds is 6. The summed E-state index contributed by atoms with van der Waals surface area (Å²) >= 11 is 0. The molecule has 0 aliphatic heterocycles. The number of carbonyl (C=O) groups is 1. The Hall–Kier alpha value is -2.62. The standard InChI is InChI=1S/C21H25N3O/c1-15(2)13-14-24-19-12-8-7-11-18(19)23-20(24)16(3)22-21(25)17-9-5-4-6-10-17/h4-12,15-16H,13-14H2,1-3H3,(H,22,25)/t16-/m1/s1. The third kappa shape index (κ3) is 3.90. The van der Waals surface area contributed by atoms with Crippen LogP contribution in [0.25, 0.3) is 11.0 Å². The number of amides is 1. The zero-order chi connectivity index (χ0) is 17.8. The lowest BCUT2D eigenvalue weighted by atomic mass is 10.1. The normalized spacial score (nSPS) is 12.5. The van der Waals surface area contributed by atoms with Gasteiger partial charge >= 0.3 is 0 Å². The number of hydrogen-bond acceptors (Lipinski definition) is 2. The fourth-order valence-corrected chi connectivity index (χ4v) is 2.98. The minimum absolute atomic E-state index is 0.0736. The van der Waals surface area contributed by atoms with Gasteiger partial charge < -0.3 is 9.88 Å². The molecule has 130 valence electrons. The molecule has 0 saturated carbocycles. The highest BCUT2D eigenvalue weighted by molar-refractivity contribution is 5.94. The number of aryl methyl sites for hydroxylation is 1. The third-order valence-electron chi connectivity index (χ3n) is 4.39. The van der Waals surface area contributed by atoms with Crippen LogP contribution in [0.15, 0.2) is 54.6 Å². The highest BCUT2D eigenvalue weighted by Gasteiger charge is 2.19. The van der Waals surface area contributed by atoms with E-state index < -0.39 is 0 Å². The van der Waals surface area contributed by atoms with E-state index in [4.69, 9.17) is 4.98 Å². The van der Waals surface area contributed by atoms with Crippen molar-refractivity contribution in [1.82, 2.24) is 14.9 Å². The fourth-order valence-electron chi connectivity index (χ4n) is 2.98. The van der Waals surface area contributed by atoms with E-state index in [2.05, 4.69) is 29.8 Å². The van der Waals surface area contributed by atoms with Crippen molar-refractivity contribution in [2.75, 3.05) is 0 Å². The maximum Gasteiger partial charge on any atom is 0.251 e. The molecule has 0 saturated heterocycles. The Bertz CT molecular complexity index is 852. The lowest BCUT2D eigenvalue weighted by Gasteiger charge is -2.17. The smallest absolute Gasteiger partial charge is 0.251 e. The number of hydrogen-bond donors (Lipinski definition) is 1. The molecule has 0 bridgehead atoms. The Morgan fingerprint density at radius 3 is 2.44 bits per heavy atom. The minimum atomic E-state index is -0.160. The molecular weight excluding hydrogens is 310 g/mol. The van der Waals surface area contributed by atoms with E-state index in [-0.39, 0.29) is 11.9 Å². The van der Waals surface area contributed by atoms with Gasteiger partial charge in [0.05, 0.1) is 17.1 Å². The van der Waals surface area contributed by atoms with Crippen LogP contribution in [0, 0.1) is 5.92 Å². The van der Waals surface area contributed by atoms with Crippen LogP contribution in [0.4, 0.5) is 0 Å². The molecule has 3 aromatic rings. The largest absolute Gasteiger partial charge is 0.342 e. The van der Waals surface area contributed by atoms with E-state index in [0.29, 0.717) is 11.5 Å². The first-order valence-corrected chi connectivity index (χ1v) is 8.87. The average molecular weight is 335 g/mol. The van der Waals surface area contributed by atoms with Crippen LogP contribution in [-0.2, 0) is 6.54 Å². The van der Waals surface area contributed by atoms with E-state index in [1.165, 1.54) is 0 Å². The molecule has 1 N–H and O–H groups in total. The maximum atomic E-state index is 12.5. The first kappa shape index (κ1) is 17.2. The first-order chi connectivity index (χ1) is 12.1. The van der Waals surface area contributed by atoms with Crippen LogP contribution in [0.5, 0.6) is 0 Å². The molecule has 1 atom stereocenters. The van der Waals surface area contributed by atoms with Gasteiger partial charge in [0.2, 0.25) is 0 Å². The van der Waals surface area contributed by atoms with E-state index in [0.717, 1.165) is 29.8 Å². The van der Waals surface area contributed by atoms with Crippen molar-refractivity contribution in [2.24, 2.45) is 5.92 Å². The van der Waals surface area contributed by atoms with Crippen LogP contribution in [0.1, 0.15) is 49.4 Å². The minimum Gasteiger partial charge on any atom is -0.342 e. The van der Waals surface area contributed by atoms with Crippen molar-refractivity contribution in [3.05, 3.63) is 66.0 Å². The summed E-state index contributed by atoms with van der Waals surface area (Å²) in [5.41, 5.74) is 2.76. The van der Waals surface area contributed by atoms with Crippen molar-refractivity contribution in [2.45, 2.75) is 39.8 Å². The van der Waals surface area contributed by atoms with Gasteiger partial charge in [-0.1, -0.05) is 44.2 Å². The van der Waals surface area contributed by atoms with Crippen molar-refractivity contribution >= 4 is 16.9 Å². The summed E-state index contributed by atoms with van der Waals surface area (Å²) in [4.78, 5) is 17.3. The van der Waals surface area contributed by atoms with Crippen LogP contribution in [0.3, 0.4) is 0 Å². The highest BCUT2D eigenvalue weighted by Crippen LogP contribution is 2.22. The van der Waals surface area contributed by atoms with Gasteiger partial charge in [-0.2, -0.15) is 0 Å². The molecule has 0 fully saturated rings. The molecule has 4 heteroatoms. The Labute approximate surface area is 148 Å². The quantitative estimate of drug-likeness (QED) is 0.717. The second kappa shape index (κ2) is 7.51. The molecule has 1 amide bonds. The predicted molar refractivity (Wildman–Crippen MR) is 102 cm³/mol. The molecule has 25 heavy (non-hydrogen) atoms. The van der Waals surface area contributed by atoms with Gasteiger partial charge in [-0.05, 0) is 43.5 Å². The van der Waals surface area contributed by atoms with Crippen molar-refractivity contribution in [1.29, 1.82) is 0 Å². The van der Waals surface area contributed by atoms with E-state index >= 15 is 0 Å². The maximum absolute atomic E-state index is 12.5. The van der Waals surface area contributed by atoms with Crippen molar-refractivity contribution in [3.63, 3.8) is 0 Å². The molecular formula is C21H25N3O. The van der Waals surface area contributed by atoms with Crippen molar-refractivity contribution in [3.8, 4) is 0 Å². The van der Waals surface area contributed by atoms with E-state index in [1.54, 1.807) is 0 Å². The van der Waals surface area contributed by atoms with Gasteiger partial charge in [-0.25, -0.2) is 4.98 Å². The number of para-hydroxylation sites is 2. The Morgan fingerprint density at radius 1 is 1.04 bits per heavy atom. The number of fused-ring (bicyclic) bond motifs is 1. The number of aromatic nitrogens is 2. The highest BCUT2D eigenvalue weighted by atomic mass is 16.1. The molecule has 0 aliphatic rings.